The summed E-state index contributed by atoms with van der Waals surface area (Å²) in [5, 5.41) is 3.88. The number of amides is 1. The fourth-order valence-electron chi connectivity index (χ4n) is 2.26. The Morgan fingerprint density at radius 3 is 2.15 bits per heavy atom. The number of hydrogen-bond acceptors (Lipinski definition) is 2. The third kappa shape index (κ3) is 3.74. The molecule has 3 nitrogen and oxygen atoms in total. The Hall–Kier alpha value is -1.06. The molecule has 0 aliphatic rings. The van der Waals surface area contributed by atoms with Gasteiger partial charge in [-0.1, -0.05) is 44.5 Å². The molecule has 0 aliphatic carbocycles. The highest BCUT2D eigenvalue weighted by atomic mass is 35.5. The van der Waals surface area contributed by atoms with Crippen molar-refractivity contribution in [1.29, 1.82) is 0 Å². The summed E-state index contributed by atoms with van der Waals surface area (Å²) in [5.74, 6) is -0.210. The standard InChI is InChI=1S/C16H25ClN2O/c1-5-16(6-2,13-7-9-14(17)10-8-13)19-15(20)11(3)12(4)18/h7-12H,5-6,18H2,1-4H3,(H,19,20). The molecule has 0 radical (unpaired) electrons. The summed E-state index contributed by atoms with van der Waals surface area (Å²) < 4.78 is 0. The quantitative estimate of drug-likeness (QED) is 0.845. The lowest BCUT2D eigenvalue weighted by Crippen LogP contribution is -2.49. The lowest BCUT2D eigenvalue weighted by atomic mass is 9.84. The Bertz CT molecular complexity index is 438. The van der Waals surface area contributed by atoms with Crippen LogP contribution >= 0.6 is 11.6 Å². The molecule has 3 N–H and O–H groups in total. The van der Waals surface area contributed by atoms with Gasteiger partial charge in [0.05, 0.1) is 5.54 Å². The molecule has 0 spiro atoms. The van der Waals surface area contributed by atoms with Crippen molar-refractivity contribution in [2.45, 2.75) is 52.1 Å². The fraction of sp³-hybridized carbons (Fsp3) is 0.562. The Labute approximate surface area is 126 Å². The van der Waals surface area contributed by atoms with E-state index in [1.54, 1.807) is 0 Å². The smallest absolute Gasteiger partial charge is 0.225 e. The highest BCUT2D eigenvalue weighted by Gasteiger charge is 2.32. The third-order valence-electron chi connectivity index (χ3n) is 4.17. The van der Waals surface area contributed by atoms with Crippen molar-refractivity contribution < 1.29 is 4.79 Å². The maximum absolute atomic E-state index is 12.3. The summed E-state index contributed by atoms with van der Waals surface area (Å²) in [6.45, 7) is 7.87. The van der Waals surface area contributed by atoms with Crippen LogP contribution in [0, 0.1) is 5.92 Å². The maximum atomic E-state index is 12.3. The van der Waals surface area contributed by atoms with Gasteiger partial charge in [-0.05, 0) is 37.5 Å². The minimum Gasteiger partial charge on any atom is -0.346 e. The largest absolute Gasteiger partial charge is 0.346 e. The van der Waals surface area contributed by atoms with Crippen molar-refractivity contribution in [3.05, 3.63) is 34.9 Å². The van der Waals surface area contributed by atoms with E-state index in [9.17, 15) is 4.79 Å². The number of carbonyl (C=O) groups excluding carboxylic acids is 1. The van der Waals surface area contributed by atoms with E-state index in [1.165, 1.54) is 0 Å². The Kier molecular flexibility index (Phi) is 6.03. The normalized spacial score (nSPS) is 14.7. The van der Waals surface area contributed by atoms with Crippen molar-refractivity contribution in [1.82, 2.24) is 5.32 Å². The van der Waals surface area contributed by atoms with Crippen LogP contribution in [0.4, 0.5) is 0 Å². The molecule has 0 bridgehead atoms. The number of hydrogen-bond donors (Lipinski definition) is 2. The number of halogens is 1. The fourth-order valence-corrected chi connectivity index (χ4v) is 2.39. The lowest BCUT2D eigenvalue weighted by molar-refractivity contribution is -0.127. The Morgan fingerprint density at radius 2 is 1.75 bits per heavy atom. The van der Waals surface area contributed by atoms with Gasteiger partial charge in [-0.15, -0.1) is 0 Å². The van der Waals surface area contributed by atoms with Gasteiger partial charge in [0, 0.05) is 17.0 Å². The molecule has 0 aromatic heterocycles. The van der Waals surface area contributed by atoms with Crippen LogP contribution in [-0.4, -0.2) is 11.9 Å². The molecule has 1 aromatic carbocycles. The van der Waals surface area contributed by atoms with E-state index < -0.39 is 0 Å². The van der Waals surface area contributed by atoms with Gasteiger partial charge in [0.25, 0.3) is 0 Å². The first-order valence-electron chi connectivity index (χ1n) is 7.20. The molecule has 1 amide bonds. The van der Waals surface area contributed by atoms with E-state index in [1.807, 2.05) is 38.1 Å². The molecule has 4 heteroatoms. The topological polar surface area (TPSA) is 55.1 Å². The Balaban J connectivity index is 3.03. The second-order valence-corrected chi connectivity index (χ2v) is 5.87. The van der Waals surface area contributed by atoms with Gasteiger partial charge >= 0.3 is 0 Å². The molecule has 2 unspecified atom stereocenters. The van der Waals surface area contributed by atoms with Gasteiger partial charge in [0.1, 0.15) is 0 Å². The maximum Gasteiger partial charge on any atom is 0.225 e. The van der Waals surface area contributed by atoms with Gasteiger partial charge < -0.3 is 11.1 Å². The molecular formula is C16H25ClN2O. The minimum absolute atomic E-state index is 0.00125. The minimum atomic E-state index is -0.356. The van der Waals surface area contributed by atoms with E-state index in [4.69, 9.17) is 17.3 Å². The predicted octanol–water partition coefficient (Wildman–Crippen LogP) is 3.45. The molecule has 0 fully saturated rings. The molecule has 0 saturated carbocycles. The van der Waals surface area contributed by atoms with Crippen molar-refractivity contribution in [2.75, 3.05) is 0 Å². The summed E-state index contributed by atoms with van der Waals surface area (Å²) in [7, 11) is 0. The van der Waals surface area contributed by atoms with Gasteiger partial charge in [-0.25, -0.2) is 0 Å². The summed E-state index contributed by atoms with van der Waals surface area (Å²) in [6, 6.07) is 7.51. The van der Waals surface area contributed by atoms with Crippen LogP contribution in [0.1, 0.15) is 46.1 Å². The number of nitrogens with two attached hydrogens (primary N) is 1. The van der Waals surface area contributed by atoms with Crippen molar-refractivity contribution in [3.63, 3.8) is 0 Å². The van der Waals surface area contributed by atoms with Gasteiger partial charge in [-0.3, -0.25) is 4.79 Å². The zero-order chi connectivity index (χ0) is 15.3. The number of rotatable bonds is 6. The summed E-state index contributed by atoms with van der Waals surface area (Å²) in [5.41, 5.74) is 6.54. The average molecular weight is 297 g/mol. The molecule has 112 valence electrons. The van der Waals surface area contributed by atoms with Gasteiger partial charge in [0.15, 0.2) is 0 Å². The van der Waals surface area contributed by atoms with Crippen LogP contribution in [0.5, 0.6) is 0 Å². The van der Waals surface area contributed by atoms with Gasteiger partial charge in [-0.2, -0.15) is 0 Å². The molecule has 2 atom stereocenters. The highest BCUT2D eigenvalue weighted by Crippen LogP contribution is 2.30. The SMILES string of the molecule is CCC(CC)(NC(=O)C(C)C(C)N)c1ccc(Cl)cc1. The van der Waals surface area contributed by atoms with Crippen LogP contribution in [0.15, 0.2) is 24.3 Å². The van der Waals surface area contributed by atoms with Crippen molar-refractivity contribution in [3.8, 4) is 0 Å². The third-order valence-corrected chi connectivity index (χ3v) is 4.42. The second-order valence-electron chi connectivity index (χ2n) is 5.43. The summed E-state index contributed by atoms with van der Waals surface area (Å²) in [4.78, 5) is 12.3. The number of benzene rings is 1. The molecule has 20 heavy (non-hydrogen) atoms. The number of carbonyl (C=O) groups is 1. The van der Waals surface area contributed by atoms with E-state index in [2.05, 4.69) is 19.2 Å². The monoisotopic (exact) mass is 296 g/mol. The first kappa shape index (κ1) is 17.0. The zero-order valence-electron chi connectivity index (χ0n) is 12.7. The van der Waals surface area contributed by atoms with E-state index in [0.29, 0.717) is 5.02 Å². The van der Waals surface area contributed by atoms with Crippen LogP contribution in [-0.2, 0) is 10.3 Å². The molecule has 1 aromatic rings. The van der Waals surface area contributed by atoms with Crippen LogP contribution in [0.25, 0.3) is 0 Å². The number of nitrogens with one attached hydrogen (secondary N) is 1. The van der Waals surface area contributed by atoms with Crippen LogP contribution in [0.2, 0.25) is 5.02 Å². The highest BCUT2D eigenvalue weighted by molar-refractivity contribution is 6.30. The first-order chi connectivity index (χ1) is 9.36. The average Bonchev–Trinajstić information content (AvgIpc) is 2.44. The van der Waals surface area contributed by atoms with E-state index >= 15 is 0 Å². The van der Waals surface area contributed by atoms with E-state index in [-0.39, 0.29) is 23.4 Å². The second kappa shape index (κ2) is 7.09. The predicted molar refractivity (Wildman–Crippen MR) is 84.7 cm³/mol. The first-order valence-corrected chi connectivity index (χ1v) is 7.57. The van der Waals surface area contributed by atoms with Crippen molar-refractivity contribution in [2.24, 2.45) is 11.7 Å². The molecule has 0 saturated heterocycles. The molecule has 1 rings (SSSR count). The molecule has 0 heterocycles. The zero-order valence-corrected chi connectivity index (χ0v) is 13.5. The summed E-state index contributed by atoms with van der Waals surface area (Å²) in [6.07, 6.45) is 1.64. The summed E-state index contributed by atoms with van der Waals surface area (Å²) >= 11 is 5.94. The molecule has 0 aliphatic heterocycles. The lowest BCUT2D eigenvalue weighted by Gasteiger charge is -2.35. The van der Waals surface area contributed by atoms with E-state index in [0.717, 1.165) is 18.4 Å². The van der Waals surface area contributed by atoms with Crippen molar-refractivity contribution >= 4 is 17.5 Å². The Morgan fingerprint density at radius 1 is 1.25 bits per heavy atom. The molecular weight excluding hydrogens is 272 g/mol. The van der Waals surface area contributed by atoms with Crippen LogP contribution in [0.3, 0.4) is 0 Å². The van der Waals surface area contributed by atoms with Crippen LogP contribution < -0.4 is 11.1 Å². The van der Waals surface area contributed by atoms with Gasteiger partial charge in [0.2, 0.25) is 5.91 Å².